The number of anilines is 1. The van der Waals surface area contributed by atoms with E-state index in [1.54, 1.807) is 12.1 Å². The van der Waals surface area contributed by atoms with Gasteiger partial charge in [0.2, 0.25) is 5.91 Å². The number of hydrogen-bond donors (Lipinski definition) is 1. The van der Waals surface area contributed by atoms with Crippen molar-refractivity contribution in [2.75, 3.05) is 24.7 Å². The van der Waals surface area contributed by atoms with Gasteiger partial charge in [0.25, 0.3) is 0 Å². The molecule has 1 aliphatic heterocycles. The lowest BCUT2D eigenvalue weighted by molar-refractivity contribution is -0.118. The van der Waals surface area contributed by atoms with Crippen molar-refractivity contribution in [2.24, 2.45) is 5.92 Å². The van der Waals surface area contributed by atoms with E-state index < -0.39 is 9.84 Å². The molecule has 0 bridgehead atoms. The van der Waals surface area contributed by atoms with Crippen LogP contribution in [0.3, 0.4) is 0 Å². The number of amides is 1. The molecule has 1 aliphatic carbocycles. The van der Waals surface area contributed by atoms with Crippen LogP contribution in [0.25, 0.3) is 0 Å². The van der Waals surface area contributed by atoms with Gasteiger partial charge in [0, 0.05) is 29.4 Å². The number of sulfone groups is 1. The molecule has 0 saturated heterocycles. The third kappa shape index (κ3) is 3.70. The van der Waals surface area contributed by atoms with Crippen LogP contribution < -0.4 is 5.32 Å². The van der Waals surface area contributed by atoms with Gasteiger partial charge in [0.05, 0.1) is 11.4 Å². The maximum absolute atomic E-state index is 12.6. The lowest BCUT2D eigenvalue weighted by atomic mass is 9.96. The highest BCUT2D eigenvalue weighted by Crippen LogP contribution is 2.48. The molecule has 1 atom stereocenters. The van der Waals surface area contributed by atoms with Crippen LogP contribution in [-0.4, -0.2) is 38.6 Å². The van der Waals surface area contributed by atoms with Gasteiger partial charge in [-0.3, -0.25) is 9.69 Å². The predicted octanol–water partition coefficient (Wildman–Crippen LogP) is 3.10. The first-order chi connectivity index (χ1) is 12.4. The first kappa shape index (κ1) is 17.7. The van der Waals surface area contributed by atoms with Crippen LogP contribution in [0.2, 0.25) is 0 Å². The first-order valence-electron chi connectivity index (χ1n) is 8.82. The molecule has 2 aliphatic rings. The summed E-state index contributed by atoms with van der Waals surface area (Å²) in [7, 11) is -3.29. The number of nitrogens with zero attached hydrogens (tertiary/aromatic N) is 1. The van der Waals surface area contributed by atoms with Crippen molar-refractivity contribution in [1.82, 2.24) is 4.90 Å². The number of fused-ring (bicyclic) bond motifs is 1. The number of rotatable bonds is 5. The van der Waals surface area contributed by atoms with Crippen LogP contribution in [0, 0.1) is 5.92 Å². The lowest BCUT2D eigenvalue weighted by Crippen LogP contribution is -2.41. The fourth-order valence-corrected chi connectivity index (χ4v) is 5.31. The Morgan fingerprint density at radius 3 is 2.85 bits per heavy atom. The van der Waals surface area contributed by atoms with Crippen molar-refractivity contribution in [2.45, 2.75) is 30.2 Å². The molecular formula is C19H22N2O3S2. The topological polar surface area (TPSA) is 66.5 Å². The van der Waals surface area contributed by atoms with Crippen molar-refractivity contribution in [3.05, 3.63) is 46.2 Å². The van der Waals surface area contributed by atoms with Crippen molar-refractivity contribution in [3.8, 4) is 0 Å². The normalized spacial score (nSPS) is 20.6. The molecule has 5 nitrogen and oxygen atoms in total. The third-order valence-corrected chi connectivity index (χ3v) is 7.19. The van der Waals surface area contributed by atoms with Gasteiger partial charge in [-0.25, -0.2) is 8.42 Å². The van der Waals surface area contributed by atoms with Gasteiger partial charge < -0.3 is 5.32 Å². The quantitative estimate of drug-likeness (QED) is 0.852. The Labute approximate surface area is 157 Å². The summed E-state index contributed by atoms with van der Waals surface area (Å²) in [6.45, 7) is 1.23. The summed E-state index contributed by atoms with van der Waals surface area (Å²) in [6.07, 6.45) is 4.62. The molecule has 1 amide bonds. The SMILES string of the molecule is CS(=O)(=O)c1cccc(NC(=O)CN2CCc3sccc3[C@@H]2C2CC2)c1. The van der Waals surface area contributed by atoms with Crippen molar-refractivity contribution in [1.29, 1.82) is 0 Å². The minimum absolute atomic E-state index is 0.0972. The lowest BCUT2D eigenvalue weighted by Gasteiger charge is -2.35. The molecule has 0 radical (unpaired) electrons. The molecule has 138 valence electrons. The van der Waals surface area contributed by atoms with Gasteiger partial charge in [0.1, 0.15) is 0 Å². The summed E-state index contributed by atoms with van der Waals surface area (Å²) < 4.78 is 23.4. The first-order valence-corrected chi connectivity index (χ1v) is 11.6. The zero-order valence-corrected chi connectivity index (χ0v) is 16.3. The van der Waals surface area contributed by atoms with Crippen LogP contribution in [0.15, 0.2) is 40.6 Å². The summed E-state index contributed by atoms with van der Waals surface area (Å²) in [4.78, 5) is 16.5. The molecule has 26 heavy (non-hydrogen) atoms. The summed E-state index contributed by atoms with van der Waals surface area (Å²) in [6, 6.07) is 8.98. The monoisotopic (exact) mass is 390 g/mol. The van der Waals surface area contributed by atoms with E-state index in [4.69, 9.17) is 0 Å². The second-order valence-electron chi connectivity index (χ2n) is 7.15. The number of nitrogens with one attached hydrogen (secondary N) is 1. The Morgan fingerprint density at radius 2 is 2.12 bits per heavy atom. The Kier molecular flexibility index (Phi) is 4.62. The third-order valence-electron chi connectivity index (χ3n) is 5.08. The fraction of sp³-hybridized carbons (Fsp3) is 0.421. The highest BCUT2D eigenvalue weighted by Gasteiger charge is 2.40. The summed E-state index contributed by atoms with van der Waals surface area (Å²) in [5, 5.41) is 5.01. The van der Waals surface area contributed by atoms with E-state index in [1.165, 1.54) is 41.7 Å². The standard InChI is InChI=1S/C19H22N2O3S2/c1-26(23,24)15-4-2-3-14(11-15)20-18(22)12-21-9-7-17-16(8-10-25-17)19(21)13-5-6-13/h2-4,8,10-11,13,19H,5-7,9,12H2,1H3,(H,20,22)/t19-/m0/s1. The molecule has 1 N–H and O–H groups in total. The summed E-state index contributed by atoms with van der Waals surface area (Å²) in [5.74, 6) is 0.560. The van der Waals surface area contributed by atoms with Crippen molar-refractivity contribution < 1.29 is 13.2 Å². The molecule has 1 aromatic heterocycles. The van der Waals surface area contributed by atoms with E-state index in [0.29, 0.717) is 24.2 Å². The maximum atomic E-state index is 12.6. The number of carbonyl (C=O) groups excluding carboxylic acids is 1. The Hall–Kier alpha value is -1.70. The molecule has 1 fully saturated rings. The van der Waals surface area contributed by atoms with Crippen molar-refractivity contribution in [3.63, 3.8) is 0 Å². The fourth-order valence-electron chi connectivity index (χ4n) is 3.73. The van der Waals surface area contributed by atoms with Crippen LogP contribution in [0.1, 0.15) is 29.3 Å². The molecule has 0 unspecified atom stereocenters. The highest BCUT2D eigenvalue weighted by molar-refractivity contribution is 7.90. The average molecular weight is 391 g/mol. The zero-order valence-electron chi connectivity index (χ0n) is 14.6. The van der Waals surface area contributed by atoms with Gasteiger partial charge in [0.15, 0.2) is 9.84 Å². The smallest absolute Gasteiger partial charge is 0.238 e. The Balaban J connectivity index is 1.47. The van der Waals surface area contributed by atoms with Gasteiger partial charge in [-0.05, 0) is 60.4 Å². The predicted molar refractivity (Wildman–Crippen MR) is 103 cm³/mol. The maximum Gasteiger partial charge on any atom is 0.238 e. The second kappa shape index (κ2) is 6.79. The molecule has 1 saturated carbocycles. The van der Waals surface area contributed by atoms with E-state index in [0.717, 1.165) is 13.0 Å². The summed E-state index contributed by atoms with van der Waals surface area (Å²) >= 11 is 1.82. The molecule has 2 heterocycles. The number of thiophene rings is 1. The average Bonchev–Trinajstić information content (AvgIpc) is 3.30. The largest absolute Gasteiger partial charge is 0.325 e. The van der Waals surface area contributed by atoms with E-state index in [1.807, 2.05) is 11.3 Å². The van der Waals surface area contributed by atoms with E-state index in [2.05, 4.69) is 21.7 Å². The van der Waals surface area contributed by atoms with Gasteiger partial charge in [-0.15, -0.1) is 11.3 Å². The van der Waals surface area contributed by atoms with E-state index in [9.17, 15) is 13.2 Å². The Bertz CT molecular complexity index is 932. The molecule has 7 heteroatoms. The Morgan fingerprint density at radius 1 is 1.31 bits per heavy atom. The minimum atomic E-state index is -3.29. The van der Waals surface area contributed by atoms with Gasteiger partial charge in [-0.1, -0.05) is 6.07 Å². The number of carbonyl (C=O) groups is 1. The number of hydrogen-bond acceptors (Lipinski definition) is 5. The molecule has 0 spiro atoms. The van der Waals surface area contributed by atoms with Crippen LogP contribution in [-0.2, 0) is 21.1 Å². The van der Waals surface area contributed by atoms with E-state index >= 15 is 0 Å². The highest BCUT2D eigenvalue weighted by atomic mass is 32.2. The zero-order chi connectivity index (χ0) is 18.3. The molecule has 1 aromatic carbocycles. The van der Waals surface area contributed by atoms with Crippen LogP contribution >= 0.6 is 11.3 Å². The van der Waals surface area contributed by atoms with Gasteiger partial charge >= 0.3 is 0 Å². The van der Waals surface area contributed by atoms with E-state index in [-0.39, 0.29) is 10.8 Å². The van der Waals surface area contributed by atoms with Gasteiger partial charge in [-0.2, -0.15) is 0 Å². The number of benzene rings is 1. The van der Waals surface area contributed by atoms with Crippen LogP contribution in [0.4, 0.5) is 5.69 Å². The molecular weight excluding hydrogens is 368 g/mol. The second-order valence-corrected chi connectivity index (χ2v) is 10.2. The minimum Gasteiger partial charge on any atom is -0.325 e. The van der Waals surface area contributed by atoms with Crippen LogP contribution in [0.5, 0.6) is 0 Å². The van der Waals surface area contributed by atoms with Crippen molar-refractivity contribution >= 4 is 32.8 Å². The molecule has 4 rings (SSSR count). The molecule has 2 aromatic rings. The summed E-state index contributed by atoms with van der Waals surface area (Å²) in [5.41, 5.74) is 1.92.